The van der Waals surface area contributed by atoms with Crippen LogP contribution in [0.1, 0.15) is 36.8 Å². The maximum absolute atomic E-state index is 13.5. The van der Waals surface area contributed by atoms with Crippen LogP contribution in [-0.4, -0.2) is 22.4 Å². The van der Waals surface area contributed by atoms with Gasteiger partial charge in [-0.1, -0.05) is 0 Å². The van der Waals surface area contributed by atoms with Gasteiger partial charge < -0.3 is 9.84 Å². The molecule has 2 rings (SSSR count). The van der Waals surface area contributed by atoms with Crippen molar-refractivity contribution < 1.29 is 27.4 Å². The molecule has 0 saturated carbocycles. The lowest BCUT2D eigenvalue weighted by molar-refractivity contribution is -0.143. The minimum absolute atomic E-state index is 0.0519. The van der Waals surface area contributed by atoms with Gasteiger partial charge in [0.25, 0.3) is 0 Å². The fourth-order valence-corrected chi connectivity index (χ4v) is 2.14. The van der Waals surface area contributed by atoms with E-state index < -0.39 is 29.7 Å². The maximum Gasteiger partial charge on any atom is 0.433 e. The van der Waals surface area contributed by atoms with Crippen LogP contribution < -0.4 is 4.74 Å². The van der Waals surface area contributed by atoms with Crippen molar-refractivity contribution in [3.8, 4) is 5.75 Å². The standard InChI is InChI=1S/C12H13F4NO2/c1-5(2)19-8-4-17-11(12(14,15)16)9-6(8)3-7(13)10(9)18/h4-5,7,10,18H,3H2,1-2H3/t7-,10-/m1/s1. The van der Waals surface area contributed by atoms with Crippen molar-refractivity contribution in [1.29, 1.82) is 0 Å². The topological polar surface area (TPSA) is 42.4 Å². The predicted molar refractivity (Wildman–Crippen MR) is 58.6 cm³/mol. The zero-order valence-electron chi connectivity index (χ0n) is 10.3. The molecule has 0 aromatic carbocycles. The van der Waals surface area contributed by atoms with Crippen LogP contribution in [0.5, 0.6) is 5.75 Å². The molecule has 106 valence electrons. The second kappa shape index (κ2) is 4.63. The van der Waals surface area contributed by atoms with Gasteiger partial charge in [-0.05, 0) is 13.8 Å². The molecule has 0 bridgehead atoms. The number of aromatic nitrogens is 1. The molecule has 1 aromatic heterocycles. The summed E-state index contributed by atoms with van der Waals surface area (Å²) in [4.78, 5) is 3.28. The van der Waals surface area contributed by atoms with E-state index in [0.29, 0.717) is 0 Å². The Bertz CT molecular complexity index is 487. The van der Waals surface area contributed by atoms with E-state index in [1.807, 2.05) is 0 Å². The van der Waals surface area contributed by atoms with E-state index in [2.05, 4.69) is 4.98 Å². The summed E-state index contributed by atoms with van der Waals surface area (Å²) in [6, 6.07) is 0. The van der Waals surface area contributed by atoms with Gasteiger partial charge in [0.2, 0.25) is 0 Å². The molecule has 2 atom stereocenters. The van der Waals surface area contributed by atoms with Crippen LogP contribution in [0.2, 0.25) is 0 Å². The van der Waals surface area contributed by atoms with Crippen LogP contribution in [0.3, 0.4) is 0 Å². The number of aliphatic hydroxyl groups excluding tert-OH is 1. The van der Waals surface area contributed by atoms with E-state index in [1.165, 1.54) is 0 Å². The molecule has 7 heteroatoms. The number of fused-ring (bicyclic) bond motifs is 1. The summed E-state index contributed by atoms with van der Waals surface area (Å²) >= 11 is 0. The van der Waals surface area contributed by atoms with Crippen molar-refractivity contribution in [3.05, 3.63) is 23.0 Å². The third-order valence-corrected chi connectivity index (χ3v) is 2.86. The number of rotatable bonds is 2. The average molecular weight is 279 g/mol. The van der Waals surface area contributed by atoms with Gasteiger partial charge in [-0.25, -0.2) is 9.37 Å². The summed E-state index contributed by atoms with van der Waals surface area (Å²) in [6.45, 7) is 3.39. The molecule has 0 fully saturated rings. The molecule has 0 spiro atoms. The normalized spacial score (nSPS) is 22.7. The Kier molecular flexibility index (Phi) is 3.42. The molecule has 1 N–H and O–H groups in total. The zero-order valence-corrected chi connectivity index (χ0v) is 10.3. The molecule has 0 aliphatic heterocycles. The van der Waals surface area contributed by atoms with E-state index in [4.69, 9.17) is 4.74 Å². The maximum atomic E-state index is 13.5. The van der Waals surface area contributed by atoms with Crippen LogP contribution in [0, 0.1) is 0 Å². The van der Waals surface area contributed by atoms with Gasteiger partial charge in [0.1, 0.15) is 18.0 Å². The largest absolute Gasteiger partial charge is 0.489 e. The third kappa shape index (κ3) is 2.51. The molecule has 3 nitrogen and oxygen atoms in total. The molecule has 19 heavy (non-hydrogen) atoms. The van der Waals surface area contributed by atoms with Crippen molar-refractivity contribution in [2.24, 2.45) is 0 Å². The van der Waals surface area contributed by atoms with Crippen LogP contribution in [0.25, 0.3) is 0 Å². The molecule has 0 radical (unpaired) electrons. The summed E-state index contributed by atoms with van der Waals surface area (Å²) in [6.07, 6.45) is -7.95. The van der Waals surface area contributed by atoms with Gasteiger partial charge in [-0.3, -0.25) is 0 Å². The lowest BCUT2D eigenvalue weighted by atomic mass is 10.1. The smallest absolute Gasteiger partial charge is 0.433 e. The van der Waals surface area contributed by atoms with Crippen LogP contribution >= 0.6 is 0 Å². The van der Waals surface area contributed by atoms with E-state index in [0.717, 1.165) is 6.20 Å². The summed E-state index contributed by atoms with van der Waals surface area (Å²) in [7, 11) is 0. The number of halogens is 4. The molecular weight excluding hydrogens is 266 g/mol. The Balaban J connectivity index is 2.57. The van der Waals surface area contributed by atoms with Crippen molar-refractivity contribution in [2.75, 3.05) is 0 Å². The summed E-state index contributed by atoms with van der Waals surface area (Å²) in [5.74, 6) is 0.0946. The number of hydrogen-bond donors (Lipinski definition) is 1. The minimum atomic E-state index is -4.73. The molecule has 0 saturated heterocycles. The van der Waals surface area contributed by atoms with E-state index in [9.17, 15) is 22.7 Å². The Hall–Kier alpha value is -1.37. The molecule has 1 aliphatic carbocycles. The van der Waals surface area contributed by atoms with Crippen molar-refractivity contribution in [1.82, 2.24) is 4.98 Å². The Labute approximate surface area is 107 Å². The van der Waals surface area contributed by atoms with Crippen molar-refractivity contribution in [2.45, 2.75) is 44.8 Å². The third-order valence-electron chi connectivity index (χ3n) is 2.86. The predicted octanol–water partition coefficient (Wildman–Crippen LogP) is 2.82. The van der Waals surface area contributed by atoms with E-state index in [1.54, 1.807) is 13.8 Å². The first-order valence-corrected chi connectivity index (χ1v) is 5.79. The lowest BCUT2D eigenvalue weighted by Crippen LogP contribution is -2.16. The van der Waals surface area contributed by atoms with Crippen molar-refractivity contribution >= 4 is 0 Å². The number of pyridine rings is 1. The highest BCUT2D eigenvalue weighted by molar-refractivity contribution is 5.47. The van der Waals surface area contributed by atoms with Gasteiger partial charge in [-0.15, -0.1) is 0 Å². The number of alkyl halides is 4. The van der Waals surface area contributed by atoms with Crippen LogP contribution in [0.15, 0.2) is 6.20 Å². The molecule has 1 aromatic rings. The SMILES string of the molecule is CC(C)Oc1cnc(C(F)(F)F)c2c1C[C@@H](F)[C@H]2O. The molecule has 0 unspecified atom stereocenters. The van der Waals surface area contributed by atoms with E-state index >= 15 is 0 Å². The average Bonchev–Trinajstić information content (AvgIpc) is 2.55. The molecule has 1 aliphatic rings. The number of aliphatic hydroxyl groups is 1. The fourth-order valence-electron chi connectivity index (χ4n) is 2.14. The summed E-state index contributed by atoms with van der Waals surface area (Å²) < 4.78 is 57.2. The first-order valence-electron chi connectivity index (χ1n) is 5.79. The van der Waals surface area contributed by atoms with Gasteiger partial charge in [-0.2, -0.15) is 13.2 Å². The minimum Gasteiger partial charge on any atom is -0.489 e. The first kappa shape index (κ1) is 14.0. The highest BCUT2D eigenvalue weighted by Gasteiger charge is 2.44. The second-order valence-corrected chi connectivity index (χ2v) is 4.69. The van der Waals surface area contributed by atoms with Gasteiger partial charge in [0, 0.05) is 17.5 Å². The van der Waals surface area contributed by atoms with Crippen LogP contribution in [0.4, 0.5) is 17.6 Å². The lowest BCUT2D eigenvalue weighted by Gasteiger charge is -2.17. The fraction of sp³-hybridized carbons (Fsp3) is 0.583. The summed E-state index contributed by atoms with van der Waals surface area (Å²) in [5, 5.41) is 9.58. The molecule has 1 heterocycles. The zero-order chi connectivity index (χ0) is 14.4. The quantitative estimate of drug-likeness (QED) is 0.846. The highest BCUT2D eigenvalue weighted by Crippen LogP contribution is 2.44. The summed E-state index contributed by atoms with van der Waals surface area (Å²) in [5.41, 5.74) is -1.69. The number of ether oxygens (including phenoxy) is 1. The number of hydrogen-bond acceptors (Lipinski definition) is 3. The Morgan fingerprint density at radius 3 is 2.58 bits per heavy atom. The number of nitrogens with zero attached hydrogens (tertiary/aromatic N) is 1. The Morgan fingerprint density at radius 1 is 1.42 bits per heavy atom. The second-order valence-electron chi connectivity index (χ2n) is 4.69. The monoisotopic (exact) mass is 279 g/mol. The van der Waals surface area contributed by atoms with Gasteiger partial charge >= 0.3 is 6.18 Å². The van der Waals surface area contributed by atoms with Crippen LogP contribution in [-0.2, 0) is 12.6 Å². The van der Waals surface area contributed by atoms with Crippen molar-refractivity contribution in [3.63, 3.8) is 0 Å². The van der Waals surface area contributed by atoms with E-state index in [-0.39, 0.29) is 23.8 Å². The Morgan fingerprint density at radius 2 is 2.05 bits per heavy atom. The molecule has 0 amide bonds. The first-order chi connectivity index (χ1) is 8.71. The van der Waals surface area contributed by atoms with Gasteiger partial charge in [0.05, 0.1) is 12.3 Å². The van der Waals surface area contributed by atoms with Gasteiger partial charge in [0.15, 0.2) is 5.69 Å². The highest BCUT2D eigenvalue weighted by atomic mass is 19.4. The molecular formula is C12H13F4NO2.